The van der Waals surface area contributed by atoms with Crippen molar-refractivity contribution in [2.45, 2.75) is 6.42 Å². The lowest BCUT2D eigenvalue weighted by Gasteiger charge is -2.24. The van der Waals surface area contributed by atoms with E-state index < -0.39 is 0 Å². The summed E-state index contributed by atoms with van der Waals surface area (Å²) in [5, 5.41) is 3.52. The second-order valence-electron chi connectivity index (χ2n) is 7.28. The van der Waals surface area contributed by atoms with Gasteiger partial charge in [-0.05, 0) is 36.6 Å². The smallest absolute Gasteiger partial charge is 0.193 e. The minimum atomic E-state index is 0. The molecule has 164 valence electrons. The summed E-state index contributed by atoms with van der Waals surface area (Å²) in [7, 11) is 5.60. The van der Waals surface area contributed by atoms with E-state index in [2.05, 4.69) is 32.2 Å². The van der Waals surface area contributed by atoms with Gasteiger partial charge < -0.3 is 24.6 Å². The molecule has 1 saturated heterocycles. The quantitative estimate of drug-likeness (QED) is 0.324. The van der Waals surface area contributed by atoms with Crippen LogP contribution in [0.1, 0.15) is 6.42 Å². The Bertz CT molecular complexity index is 788. The van der Waals surface area contributed by atoms with Gasteiger partial charge in [-0.15, -0.1) is 24.0 Å². The number of ether oxygens (including phenoxy) is 2. The lowest BCUT2D eigenvalue weighted by molar-refractivity contribution is 0.281. The van der Waals surface area contributed by atoms with Crippen molar-refractivity contribution >= 4 is 35.6 Å². The molecule has 0 aromatic heterocycles. The molecule has 7 heteroatoms. The highest BCUT2D eigenvalue weighted by atomic mass is 127. The van der Waals surface area contributed by atoms with Crippen LogP contribution < -0.4 is 19.7 Å². The molecule has 0 spiro atoms. The van der Waals surface area contributed by atoms with Crippen LogP contribution in [0.25, 0.3) is 0 Å². The number of likely N-dealkylation sites (N-methyl/N-ethyl adjacent to an activating group) is 1. The fraction of sp³-hybridized carbons (Fsp3) is 0.435. The highest BCUT2D eigenvalue weighted by molar-refractivity contribution is 14.0. The van der Waals surface area contributed by atoms with Crippen LogP contribution >= 0.6 is 24.0 Å². The van der Waals surface area contributed by atoms with Crippen LogP contribution in [0.2, 0.25) is 0 Å². The van der Waals surface area contributed by atoms with Gasteiger partial charge >= 0.3 is 0 Å². The van der Waals surface area contributed by atoms with E-state index in [0.29, 0.717) is 12.5 Å². The van der Waals surface area contributed by atoms with Crippen LogP contribution in [0.3, 0.4) is 0 Å². The van der Waals surface area contributed by atoms with Gasteiger partial charge in [0.2, 0.25) is 0 Å². The van der Waals surface area contributed by atoms with Crippen LogP contribution in [0.4, 0.5) is 5.69 Å². The third-order valence-electron chi connectivity index (χ3n) is 5.27. The number of nitrogens with zero attached hydrogens (tertiary/aromatic N) is 3. The molecule has 0 aliphatic carbocycles. The first-order chi connectivity index (χ1) is 14.2. The zero-order chi connectivity index (χ0) is 20.5. The van der Waals surface area contributed by atoms with Crippen molar-refractivity contribution in [1.29, 1.82) is 0 Å². The van der Waals surface area contributed by atoms with Crippen molar-refractivity contribution in [3.8, 4) is 11.5 Å². The zero-order valence-electron chi connectivity index (χ0n) is 18.1. The van der Waals surface area contributed by atoms with Gasteiger partial charge in [-0.2, -0.15) is 0 Å². The molecule has 3 rings (SSSR count). The number of methoxy groups -OCH3 is 1. The summed E-state index contributed by atoms with van der Waals surface area (Å²) in [5.74, 6) is 3.31. The van der Waals surface area contributed by atoms with E-state index in [9.17, 15) is 0 Å². The molecule has 1 unspecified atom stereocenters. The molecule has 1 atom stereocenters. The largest absolute Gasteiger partial charge is 0.495 e. The lowest BCUT2D eigenvalue weighted by atomic mass is 10.1. The molecule has 0 radical (unpaired) electrons. The van der Waals surface area contributed by atoms with Gasteiger partial charge in [0.05, 0.1) is 19.3 Å². The molecule has 6 nitrogen and oxygen atoms in total. The average Bonchev–Trinajstić information content (AvgIpc) is 3.23. The Labute approximate surface area is 197 Å². The molecular weight excluding hydrogens is 491 g/mol. The minimum absolute atomic E-state index is 0. The Kier molecular flexibility index (Phi) is 10.1. The Morgan fingerprint density at radius 3 is 2.63 bits per heavy atom. The van der Waals surface area contributed by atoms with Gasteiger partial charge in [0.25, 0.3) is 0 Å². The van der Waals surface area contributed by atoms with Crippen LogP contribution in [0.15, 0.2) is 59.6 Å². The van der Waals surface area contributed by atoms with Crippen LogP contribution in [-0.4, -0.2) is 64.9 Å². The van der Waals surface area contributed by atoms with E-state index in [4.69, 9.17) is 9.47 Å². The number of hydrogen-bond acceptors (Lipinski definition) is 4. The molecular formula is C23H33IN4O2. The fourth-order valence-electron chi connectivity index (χ4n) is 3.65. The molecule has 0 saturated carbocycles. The predicted octanol–water partition coefficient (Wildman–Crippen LogP) is 3.73. The predicted molar refractivity (Wildman–Crippen MR) is 135 cm³/mol. The Hall–Kier alpha value is -2.16. The Balaban J connectivity index is 0.00000320. The van der Waals surface area contributed by atoms with Gasteiger partial charge in [0, 0.05) is 33.7 Å². The van der Waals surface area contributed by atoms with Gasteiger partial charge in [-0.1, -0.05) is 30.3 Å². The van der Waals surface area contributed by atoms with E-state index in [1.165, 1.54) is 5.69 Å². The molecule has 1 heterocycles. The van der Waals surface area contributed by atoms with Gasteiger partial charge in [0.1, 0.15) is 18.1 Å². The zero-order valence-corrected chi connectivity index (χ0v) is 20.4. The van der Waals surface area contributed by atoms with Crippen LogP contribution in [0, 0.1) is 5.92 Å². The maximum absolute atomic E-state index is 5.79. The molecule has 0 bridgehead atoms. The molecule has 0 amide bonds. The third kappa shape index (κ3) is 6.68. The molecule has 30 heavy (non-hydrogen) atoms. The molecule has 1 fully saturated rings. The molecule has 1 aliphatic rings. The second kappa shape index (κ2) is 12.5. The first kappa shape index (κ1) is 24.1. The number of halogens is 1. The van der Waals surface area contributed by atoms with Gasteiger partial charge in [-0.25, -0.2) is 0 Å². The Morgan fingerprint density at radius 1 is 1.17 bits per heavy atom. The van der Waals surface area contributed by atoms with Crippen molar-refractivity contribution in [3.05, 3.63) is 54.6 Å². The van der Waals surface area contributed by atoms with E-state index >= 15 is 0 Å². The van der Waals surface area contributed by atoms with Crippen LogP contribution in [-0.2, 0) is 0 Å². The standard InChI is InChI=1S/C23H32N4O2.HI/c1-24-23(26(2)15-16-29-20-9-5-4-6-10-20)25-17-19-13-14-27(18-19)21-11-7-8-12-22(21)28-3;/h4-12,19H,13-18H2,1-3H3,(H,24,25);1H. The minimum Gasteiger partial charge on any atom is -0.495 e. The molecule has 2 aromatic carbocycles. The monoisotopic (exact) mass is 524 g/mol. The first-order valence-corrected chi connectivity index (χ1v) is 10.2. The summed E-state index contributed by atoms with van der Waals surface area (Å²) >= 11 is 0. The second-order valence-corrected chi connectivity index (χ2v) is 7.28. The van der Waals surface area contributed by atoms with Crippen LogP contribution in [0.5, 0.6) is 11.5 Å². The average molecular weight is 524 g/mol. The third-order valence-corrected chi connectivity index (χ3v) is 5.27. The SMILES string of the molecule is CN=C(NCC1CCN(c2ccccc2OC)C1)N(C)CCOc1ccccc1.I. The number of hydrogen-bond donors (Lipinski definition) is 1. The summed E-state index contributed by atoms with van der Waals surface area (Å²) in [4.78, 5) is 8.94. The number of nitrogens with one attached hydrogen (secondary N) is 1. The normalized spacial score (nSPS) is 16.0. The number of rotatable bonds is 8. The topological polar surface area (TPSA) is 49.3 Å². The van der Waals surface area contributed by atoms with Crippen molar-refractivity contribution in [1.82, 2.24) is 10.2 Å². The number of benzene rings is 2. The van der Waals surface area contributed by atoms with Crippen molar-refractivity contribution in [3.63, 3.8) is 0 Å². The lowest BCUT2D eigenvalue weighted by Crippen LogP contribution is -2.43. The summed E-state index contributed by atoms with van der Waals surface area (Å²) in [5.41, 5.74) is 1.18. The summed E-state index contributed by atoms with van der Waals surface area (Å²) in [6.07, 6.45) is 1.16. The maximum Gasteiger partial charge on any atom is 0.193 e. The van der Waals surface area contributed by atoms with E-state index in [1.54, 1.807) is 7.11 Å². The molecule has 1 aliphatic heterocycles. The summed E-state index contributed by atoms with van der Waals surface area (Å²) < 4.78 is 11.3. The maximum atomic E-state index is 5.79. The number of guanidine groups is 1. The Morgan fingerprint density at radius 2 is 1.90 bits per heavy atom. The number of aliphatic imine (C=N–C) groups is 1. The first-order valence-electron chi connectivity index (χ1n) is 10.2. The highest BCUT2D eigenvalue weighted by Crippen LogP contribution is 2.31. The summed E-state index contributed by atoms with van der Waals surface area (Å²) in [6.45, 7) is 4.36. The van der Waals surface area contributed by atoms with E-state index in [0.717, 1.165) is 50.1 Å². The summed E-state index contributed by atoms with van der Waals surface area (Å²) in [6, 6.07) is 18.1. The number of anilines is 1. The van der Waals surface area contributed by atoms with Crippen molar-refractivity contribution in [2.24, 2.45) is 10.9 Å². The van der Waals surface area contributed by atoms with E-state index in [-0.39, 0.29) is 24.0 Å². The molecule has 1 N–H and O–H groups in total. The van der Waals surface area contributed by atoms with E-state index in [1.807, 2.05) is 56.6 Å². The fourth-order valence-corrected chi connectivity index (χ4v) is 3.65. The van der Waals surface area contributed by atoms with Crippen molar-refractivity contribution < 1.29 is 9.47 Å². The highest BCUT2D eigenvalue weighted by Gasteiger charge is 2.24. The van der Waals surface area contributed by atoms with Crippen molar-refractivity contribution in [2.75, 3.05) is 58.9 Å². The van der Waals surface area contributed by atoms with Gasteiger partial charge in [-0.3, -0.25) is 4.99 Å². The number of para-hydroxylation sites is 3. The molecule has 2 aromatic rings. The van der Waals surface area contributed by atoms with Gasteiger partial charge in [0.15, 0.2) is 5.96 Å².